The Kier molecular flexibility index (Phi) is 2.45. The summed E-state index contributed by atoms with van der Waals surface area (Å²) >= 11 is 0. The lowest BCUT2D eigenvalue weighted by Crippen LogP contribution is -2.12. The molecular weight excluding hydrogens is 206 g/mol. The molecule has 1 N–H and O–H groups in total. The van der Waals surface area contributed by atoms with E-state index >= 15 is 0 Å². The number of rotatable bonds is 1. The summed E-state index contributed by atoms with van der Waals surface area (Å²) in [6.45, 7) is 2.12. The van der Waals surface area contributed by atoms with Crippen molar-refractivity contribution >= 4 is 11.8 Å². The van der Waals surface area contributed by atoms with Crippen molar-refractivity contribution in [2.45, 2.75) is 13.0 Å². The third-order valence-electron chi connectivity index (χ3n) is 3.15. The molecule has 1 aliphatic rings. The number of nitrogens with one attached hydrogen (secondary N) is 1. The second-order valence-corrected chi connectivity index (χ2v) is 4.48. The molecule has 0 spiro atoms. The van der Waals surface area contributed by atoms with Crippen molar-refractivity contribution < 1.29 is 0 Å². The van der Waals surface area contributed by atoms with E-state index in [1.807, 2.05) is 6.07 Å². The first-order valence-electron chi connectivity index (χ1n) is 5.93. The predicted octanol–water partition coefficient (Wildman–Crippen LogP) is 4.18. The molecular formula is C16H15N. The fraction of sp³-hybridized carbons (Fsp3) is 0.125. The zero-order valence-corrected chi connectivity index (χ0v) is 9.85. The van der Waals surface area contributed by atoms with Crippen molar-refractivity contribution in [1.29, 1.82) is 0 Å². The molecule has 1 aliphatic heterocycles. The minimum atomic E-state index is 0.283. The Hall–Kier alpha value is -2.02. The lowest BCUT2D eigenvalue weighted by atomic mass is 9.99. The molecule has 0 aromatic heterocycles. The van der Waals surface area contributed by atoms with Gasteiger partial charge in [0.15, 0.2) is 0 Å². The Balaban J connectivity index is 1.95. The Bertz CT molecular complexity index is 555. The summed E-state index contributed by atoms with van der Waals surface area (Å²) in [5.74, 6) is 0. The SMILES string of the molecule is Cc1ccc2c(c1)NC(c1ccccc1)C=C2. The van der Waals surface area contributed by atoms with Crippen LogP contribution in [0.25, 0.3) is 6.08 Å². The zero-order valence-electron chi connectivity index (χ0n) is 9.85. The van der Waals surface area contributed by atoms with Crippen LogP contribution in [0.2, 0.25) is 0 Å². The number of hydrogen-bond donors (Lipinski definition) is 1. The monoisotopic (exact) mass is 221 g/mol. The second-order valence-electron chi connectivity index (χ2n) is 4.48. The van der Waals surface area contributed by atoms with Crippen LogP contribution in [-0.2, 0) is 0 Å². The van der Waals surface area contributed by atoms with Crippen LogP contribution in [0, 0.1) is 6.92 Å². The molecule has 0 amide bonds. The van der Waals surface area contributed by atoms with Crippen molar-refractivity contribution in [3.05, 3.63) is 71.3 Å². The number of hydrogen-bond acceptors (Lipinski definition) is 1. The van der Waals surface area contributed by atoms with Crippen molar-refractivity contribution in [2.75, 3.05) is 5.32 Å². The molecule has 2 aromatic carbocycles. The van der Waals surface area contributed by atoms with E-state index in [9.17, 15) is 0 Å². The first kappa shape index (κ1) is 10.2. The molecule has 0 saturated heterocycles. The van der Waals surface area contributed by atoms with Gasteiger partial charge in [0.2, 0.25) is 0 Å². The standard InChI is InChI=1S/C16H15N/c1-12-7-8-14-9-10-15(17-16(14)11-12)13-5-3-2-4-6-13/h2-11,15,17H,1H3. The maximum absolute atomic E-state index is 3.57. The molecule has 1 nitrogen and oxygen atoms in total. The van der Waals surface area contributed by atoms with Crippen LogP contribution in [0.5, 0.6) is 0 Å². The van der Waals surface area contributed by atoms with Crippen LogP contribution < -0.4 is 5.32 Å². The van der Waals surface area contributed by atoms with Crippen LogP contribution in [-0.4, -0.2) is 0 Å². The van der Waals surface area contributed by atoms with Gasteiger partial charge in [0, 0.05) is 5.69 Å². The fourth-order valence-corrected chi connectivity index (χ4v) is 2.21. The molecule has 3 rings (SSSR count). The van der Waals surface area contributed by atoms with Gasteiger partial charge in [0.05, 0.1) is 6.04 Å². The van der Waals surface area contributed by atoms with Gasteiger partial charge in [0.1, 0.15) is 0 Å². The van der Waals surface area contributed by atoms with E-state index in [0.29, 0.717) is 0 Å². The van der Waals surface area contributed by atoms with E-state index in [-0.39, 0.29) is 6.04 Å². The molecule has 0 bridgehead atoms. The van der Waals surface area contributed by atoms with Crippen molar-refractivity contribution in [1.82, 2.24) is 0 Å². The van der Waals surface area contributed by atoms with Gasteiger partial charge in [-0.25, -0.2) is 0 Å². The molecule has 17 heavy (non-hydrogen) atoms. The van der Waals surface area contributed by atoms with Gasteiger partial charge in [0.25, 0.3) is 0 Å². The summed E-state index contributed by atoms with van der Waals surface area (Å²) in [5, 5.41) is 3.57. The summed E-state index contributed by atoms with van der Waals surface area (Å²) in [6, 6.07) is 17.3. The molecule has 0 saturated carbocycles. The van der Waals surface area contributed by atoms with Crippen molar-refractivity contribution in [3.8, 4) is 0 Å². The maximum Gasteiger partial charge on any atom is 0.0701 e. The van der Waals surface area contributed by atoms with Gasteiger partial charge < -0.3 is 5.32 Å². The van der Waals surface area contributed by atoms with Gasteiger partial charge in [-0.3, -0.25) is 0 Å². The number of aryl methyl sites for hydroxylation is 1. The van der Waals surface area contributed by atoms with Crippen LogP contribution in [0.4, 0.5) is 5.69 Å². The van der Waals surface area contributed by atoms with Crippen molar-refractivity contribution in [3.63, 3.8) is 0 Å². The van der Waals surface area contributed by atoms with Crippen molar-refractivity contribution in [2.24, 2.45) is 0 Å². The van der Waals surface area contributed by atoms with E-state index in [0.717, 1.165) is 0 Å². The third kappa shape index (κ3) is 1.96. The lowest BCUT2D eigenvalue weighted by Gasteiger charge is -2.23. The quantitative estimate of drug-likeness (QED) is 0.762. The highest BCUT2D eigenvalue weighted by Gasteiger charge is 2.13. The minimum absolute atomic E-state index is 0.283. The lowest BCUT2D eigenvalue weighted by molar-refractivity contribution is 0.978. The normalized spacial score (nSPS) is 17.4. The Labute approximate surface area is 102 Å². The van der Waals surface area contributed by atoms with E-state index in [1.54, 1.807) is 0 Å². The van der Waals surface area contributed by atoms with Gasteiger partial charge in [-0.05, 0) is 29.7 Å². The molecule has 0 aliphatic carbocycles. The average Bonchev–Trinajstić information content (AvgIpc) is 2.39. The second kappa shape index (κ2) is 4.10. The van der Waals surface area contributed by atoms with Gasteiger partial charge in [-0.2, -0.15) is 0 Å². The summed E-state index contributed by atoms with van der Waals surface area (Å²) in [7, 11) is 0. The third-order valence-corrected chi connectivity index (χ3v) is 3.15. The largest absolute Gasteiger partial charge is 0.374 e. The molecule has 1 heteroatoms. The van der Waals surface area contributed by atoms with Crippen LogP contribution in [0.1, 0.15) is 22.7 Å². The summed E-state index contributed by atoms with van der Waals surface area (Å²) in [5.41, 5.74) is 5.08. The highest BCUT2D eigenvalue weighted by molar-refractivity contribution is 5.72. The molecule has 1 unspecified atom stereocenters. The van der Waals surface area contributed by atoms with Gasteiger partial charge >= 0.3 is 0 Å². The van der Waals surface area contributed by atoms with E-state index < -0.39 is 0 Å². The first-order chi connectivity index (χ1) is 8.33. The molecule has 1 heterocycles. The topological polar surface area (TPSA) is 12.0 Å². The molecule has 0 fully saturated rings. The summed E-state index contributed by atoms with van der Waals surface area (Å²) < 4.78 is 0. The van der Waals surface area contributed by atoms with E-state index in [4.69, 9.17) is 0 Å². The van der Waals surface area contributed by atoms with E-state index in [2.05, 4.69) is 66.9 Å². The highest BCUT2D eigenvalue weighted by atomic mass is 14.9. The smallest absolute Gasteiger partial charge is 0.0701 e. The number of benzene rings is 2. The maximum atomic E-state index is 3.57. The predicted molar refractivity (Wildman–Crippen MR) is 73.0 cm³/mol. The molecule has 1 atom stereocenters. The Morgan fingerprint density at radius 2 is 1.82 bits per heavy atom. The first-order valence-corrected chi connectivity index (χ1v) is 5.93. The molecule has 84 valence electrons. The van der Waals surface area contributed by atoms with Crippen LogP contribution in [0.15, 0.2) is 54.6 Å². The van der Waals surface area contributed by atoms with Gasteiger partial charge in [-0.15, -0.1) is 0 Å². The van der Waals surface area contributed by atoms with Crippen LogP contribution in [0.3, 0.4) is 0 Å². The number of anilines is 1. The molecule has 0 radical (unpaired) electrons. The Morgan fingerprint density at radius 3 is 2.65 bits per heavy atom. The van der Waals surface area contributed by atoms with E-state index in [1.165, 1.54) is 22.4 Å². The summed E-state index contributed by atoms with van der Waals surface area (Å²) in [4.78, 5) is 0. The molecule has 2 aromatic rings. The fourth-order valence-electron chi connectivity index (χ4n) is 2.21. The average molecular weight is 221 g/mol. The van der Waals surface area contributed by atoms with Gasteiger partial charge in [-0.1, -0.05) is 54.6 Å². The number of fused-ring (bicyclic) bond motifs is 1. The minimum Gasteiger partial charge on any atom is -0.374 e. The zero-order chi connectivity index (χ0) is 11.7. The highest BCUT2D eigenvalue weighted by Crippen LogP contribution is 2.30. The summed E-state index contributed by atoms with van der Waals surface area (Å²) in [6.07, 6.45) is 4.41. The van der Waals surface area contributed by atoms with Crippen LogP contribution >= 0.6 is 0 Å². The Morgan fingerprint density at radius 1 is 1.00 bits per heavy atom.